The van der Waals surface area contributed by atoms with E-state index in [1.807, 2.05) is 0 Å². The molecular weight excluding hydrogens is 203 g/mol. The van der Waals surface area contributed by atoms with Gasteiger partial charge in [0.15, 0.2) is 0 Å². The van der Waals surface area contributed by atoms with E-state index in [1.165, 1.54) is 49.8 Å². The Morgan fingerprint density at radius 2 is 1.59 bits per heavy atom. The molecular formula is C14H21LiN2. The number of piperazine rings is 1. The second kappa shape index (κ2) is 7.23. The van der Waals surface area contributed by atoms with Gasteiger partial charge in [0.05, 0.1) is 0 Å². The molecule has 1 fully saturated rings. The number of nitrogens with zero attached hydrogens (tertiary/aromatic N) is 2. The van der Waals surface area contributed by atoms with Crippen molar-refractivity contribution in [2.45, 2.75) is 18.1 Å². The first-order valence-corrected chi connectivity index (χ1v) is 6.87. The number of hydrogen-bond donors (Lipinski definition) is 0. The van der Waals surface area contributed by atoms with Crippen LogP contribution in [0.2, 0.25) is 5.09 Å². The fourth-order valence-corrected chi connectivity index (χ4v) is 2.39. The summed E-state index contributed by atoms with van der Waals surface area (Å²) in [4.78, 5) is 5.17. The summed E-state index contributed by atoms with van der Waals surface area (Å²) >= 11 is 2.27. The van der Waals surface area contributed by atoms with Crippen LogP contribution < -0.4 is 0 Å². The van der Waals surface area contributed by atoms with Gasteiger partial charge in [-0.1, -0.05) is 0 Å². The molecule has 2 nitrogen and oxygen atoms in total. The van der Waals surface area contributed by atoms with Crippen molar-refractivity contribution in [2.24, 2.45) is 0 Å². The molecule has 0 amide bonds. The Bertz CT molecular complexity index is 307. The minimum atomic E-state index is 1.11. The summed E-state index contributed by atoms with van der Waals surface area (Å²) in [6.07, 6.45) is 1.35. The summed E-state index contributed by atoms with van der Waals surface area (Å²) in [5.41, 5.74) is 1.44. The molecule has 1 saturated heterocycles. The van der Waals surface area contributed by atoms with Crippen LogP contribution in [0.25, 0.3) is 0 Å². The average molecular weight is 224 g/mol. The Morgan fingerprint density at radius 3 is 2.24 bits per heavy atom. The van der Waals surface area contributed by atoms with E-state index in [1.54, 1.807) is 0 Å². The van der Waals surface area contributed by atoms with Crippen molar-refractivity contribution >= 4 is 17.7 Å². The number of benzene rings is 1. The zero-order valence-electron chi connectivity index (χ0n) is 10.9. The second-order valence-electron chi connectivity index (χ2n) is 4.96. The third-order valence-corrected chi connectivity index (χ3v) is 3.54. The molecule has 0 bridgehead atoms. The molecule has 1 aromatic rings. The Balaban J connectivity index is 1.72. The normalized spacial score (nSPS) is 18.5. The van der Waals surface area contributed by atoms with E-state index < -0.39 is 0 Å². The Morgan fingerprint density at radius 1 is 0.941 bits per heavy atom. The Hall–Kier alpha value is -0.263. The van der Waals surface area contributed by atoms with E-state index in [2.05, 4.69) is 57.8 Å². The van der Waals surface area contributed by atoms with Crippen molar-refractivity contribution in [1.82, 2.24) is 9.80 Å². The predicted molar refractivity (Wildman–Crippen MR) is 73.3 cm³/mol. The minimum absolute atomic E-state index is 1.11. The molecule has 0 aromatic heterocycles. The quantitative estimate of drug-likeness (QED) is 0.703. The van der Waals surface area contributed by atoms with Crippen molar-refractivity contribution in [1.29, 1.82) is 0 Å². The van der Waals surface area contributed by atoms with Crippen molar-refractivity contribution in [3.63, 3.8) is 0 Å². The molecule has 3 heteroatoms. The van der Waals surface area contributed by atoms with Gasteiger partial charge in [0.25, 0.3) is 0 Å². The molecule has 0 saturated carbocycles. The molecule has 1 aliphatic rings. The molecule has 1 heterocycles. The van der Waals surface area contributed by atoms with Crippen molar-refractivity contribution in [3.8, 4) is 0 Å². The zero-order chi connectivity index (χ0) is 11.9. The molecule has 2 rings (SSSR count). The van der Waals surface area contributed by atoms with E-state index in [0.717, 1.165) is 6.54 Å². The summed E-state index contributed by atoms with van der Waals surface area (Å²) in [6, 6.07) is 10.8. The first-order chi connectivity index (χ1) is 8.38. The molecule has 1 aliphatic heterocycles. The molecule has 0 unspecified atom stereocenters. The topological polar surface area (TPSA) is 6.48 Å². The van der Waals surface area contributed by atoms with Gasteiger partial charge in [0.2, 0.25) is 0 Å². The average Bonchev–Trinajstić information content (AvgIpc) is 2.39. The predicted octanol–water partition coefficient (Wildman–Crippen LogP) is 1.78. The van der Waals surface area contributed by atoms with Gasteiger partial charge < -0.3 is 0 Å². The van der Waals surface area contributed by atoms with Crippen LogP contribution in [0.5, 0.6) is 0 Å². The molecule has 0 radical (unpaired) electrons. The summed E-state index contributed by atoms with van der Waals surface area (Å²) < 4.78 is 0. The SMILES string of the molecule is [Li][CH2]CCN1CCN(Cc2ccccc2)CC1. The van der Waals surface area contributed by atoms with E-state index >= 15 is 0 Å². The molecule has 17 heavy (non-hydrogen) atoms. The van der Waals surface area contributed by atoms with E-state index in [0.29, 0.717) is 0 Å². The van der Waals surface area contributed by atoms with Gasteiger partial charge in [0, 0.05) is 0 Å². The number of hydrogen-bond acceptors (Lipinski definition) is 2. The molecule has 0 atom stereocenters. The second-order valence-corrected chi connectivity index (χ2v) is 4.96. The summed E-state index contributed by atoms with van der Waals surface area (Å²) in [5, 5.41) is 1.31. The van der Waals surface area contributed by atoms with Crippen molar-refractivity contribution in [2.75, 3.05) is 32.7 Å². The maximum atomic E-state index is 2.60. The van der Waals surface area contributed by atoms with Gasteiger partial charge >= 0.3 is 114 Å². The third-order valence-electron chi connectivity index (χ3n) is 3.54. The van der Waals surface area contributed by atoms with Crippen LogP contribution in [-0.4, -0.2) is 60.2 Å². The van der Waals surface area contributed by atoms with E-state index in [-0.39, 0.29) is 0 Å². The van der Waals surface area contributed by atoms with Gasteiger partial charge in [0.1, 0.15) is 0 Å². The zero-order valence-corrected chi connectivity index (χ0v) is 10.9. The number of rotatable bonds is 5. The van der Waals surface area contributed by atoms with Gasteiger partial charge in [-0.15, -0.1) is 0 Å². The van der Waals surface area contributed by atoms with Crippen molar-refractivity contribution < 1.29 is 0 Å². The fraction of sp³-hybridized carbons (Fsp3) is 0.571. The summed E-state index contributed by atoms with van der Waals surface area (Å²) in [5.74, 6) is 0. The monoisotopic (exact) mass is 224 g/mol. The fourth-order valence-electron chi connectivity index (χ4n) is 2.39. The van der Waals surface area contributed by atoms with Crippen LogP contribution >= 0.6 is 0 Å². The first kappa shape index (κ1) is 13.2. The maximum absolute atomic E-state index is 2.60. The van der Waals surface area contributed by atoms with Gasteiger partial charge in [-0.3, -0.25) is 0 Å². The van der Waals surface area contributed by atoms with E-state index in [9.17, 15) is 0 Å². The Kier molecular flexibility index (Phi) is 5.61. The van der Waals surface area contributed by atoms with Crippen LogP contribution in [0, 0.1) is 0 Å². The molecule has 88 valence electrons. The van der Waals surface area contributed by atoms with Crippen LogP contribution in [0.3, 0.4) is 0 Å². The first-order valence-electron chi connectivity index (χ1n) is 6.87. The summed E-state index contributed by atoms with van der Waals surface area (Å²) in [7, 11) is 0. The van der Waals surface area contributed by atoms with Crippen LogP contribution in [-0.2, 0) is 6.54 Å². The van der Waals surface area contributed by atoms with Gasteiger partial charge in [-0.25, -0.2) is 0 Å². The van der Waals surface area contributed by atoms with Gasteiger partial charge in [-0.05, 0) is 0 Å². The molecule has 0 aliphatic carbocycles. The van der Waals surface area contributed by atoms with Crippen LogP contribution in [0.15, 0.2) is 30.3 Å². The standard InChI is InChI=1S/C14H21N2.Li/c1-2-8-15-9-11-16(12-10-15)13-14-6-4-3-5-7-14;/h3-7H,1-2,8-13H2;. The van der Waals surface area contributed by atoms with Gasteiger partial charge in [-0.2, -0.15) is 0 Å². The van der Waals surface area contributed by atoms with Crippen LogP contribution in [0.1, 0.15) is 12.0 Å². The molecule has 0 spiro atoms. The third kappa shape index (κ3) is 4.48. The Labute approximate surface area is 114 Å². The van der Waals surface area contributed by atoms with Crippen molar-refractivity contribution in [3.05, 3.63) is 35.9 Å². The molecule has 1 aromatic carbocycles. The molecule has 0 N–H and O–H groups in total. The van der Waals surface area contributed by atoms with Crippen LogP contribution in [0.4, 0.5) is 0 Å². The van der Waals surface area contributed by atoms with E-state index in [4.69, 9.17) is 0 Å². The summed E-state index contributed by atoms with van der Waals surface area (Å²) in [6.45, 7) is 7.33.